The summed E-state index contributed by atoms with van der Waals surface area (Å²) in [5, 5.41) is 8.90. The Hall–Kier alpha value is -1.66. The molecule has 0 fully saturated rings. The van der Waals surface area contributed by atoms with E-state index >= 15 is 0 Å². The first kappa shape index (κ1) is 15.4. The van der Waals surface area contributed by atoms with E-state index in [1.165, 1.54) is 10.6 Å². The molecule has 1 aromatic heterocycles. The highest BCUT2D eigenvalue weighted by Gasteiger charge is 2.11. The van der Waals surface area contributed by atoms with Crippen LogP contribution in [0.15, 0.2) is 16.9 Å². The molecule has 0 unspecified atom stereocenters. The van der Waals surface area contributed by atoms with Gasteiger partial charge in [0.15, 0.2) is 0 Å². The molecule has 0 atom stereocenters. The number of carboxylic acids is 1. The van der Waals surface area contributed by atoms with E-state index in [0.29, 0.717) is 32.8 Å². The average Bonchev–Trinajstić information content (AvgIpc) is 2.36. The molecule has 0 amide bonds. The van der Waals surface area contributed by atoms with Crippen molar-refractivity contribution in [1.29, 1.82) is 0 Å². The number of rotatable bonds is 8. The van der Waals surface area contributed by atoms with Crippen LogP contribution in [0.25, 0.3) is 0 Å². The molecule has 0 aliphatic heterocycles. The third-order valence-corrected chi connectivity index (χ3v) is 2.73. The standard InChI is InChI=1S/C13H19NO5/c1-10-4-5-11(13(16)17)12(15)14(10)6-3-7-19-9-8-18-2/h4-5H,3,6-9H2,1-2H3,(H,16,17). The normalized spacial score (nSPS) is 10.6. The molecule has 0 saturated carbocycles. The van der Waals surface area contributed by atoms with Gasteiger partial charge in [-0.15, -0.1) is 0 Å². The lowest BCUT2D eigenvalue weighted by Gasteiger charge is -2.10. The van der Waals surface area contributed by atoms with Crippen LogP contribution < -0.4 is 5.56 Å². The number of aromatic carboxylic acids is 1. The van der Waals surface area contributed by atoms with Crippen LogP contribution in [0, 0.1) is 6.92 Å². The number of aromatic nitrogens is 1. The van der Waals surface area contributed by atoms with Crippen molar-refractivity contribution in [3.05, 3.63) is 33.7 Å². The zero-order valence-electron chi connectivity index (χ0n) is 11.2. The van der Waals surface area contributed by atoms with Crippen molar-refractivity contribution in [3.8, 4) is 0 Å². The quantitative estimate of drug-likeness (QED) is 0.710. The monoisotopic (exact) mass is 269 g/mol. The van der Waals surface area contributed by atoms with Crippen molar-refractivity contribution in [2.24, 2.45) is 0 Å². The molecule has 6 heteroatoms. The Kier molecular flexibility index (Phi) is 6.24. The minimum Gasteiger partial charge on any atom is -0.477 e. The van der Waals surface area contributed by atoms with E-state index in [2.05, 4.69) is 0 Å². The molecule has 0 bridgehead atoms. The van der Waals surface area contributed by atoms with Crippen LogP contribution in [0.4, 0.5) is 0 Å². The number of pyridine rings is 1. The van der Waals surface area contributed by atoms with Crippen molar-refractivity contribution in [2.75, 3.05) is 26.9 Å². The Morgan fingerprint density at radius 2 is 2.05 bits per heavy atom. The van der Waals surface area contributed by atoms with E-state index in [1.807, 2.05) is 0 Å². The third-order valence-electron chi connectivity index (χ3n) is 2.73. The van der Waals surface area contributed by atoms with Gasteiger partial charge in [-0.25, -0.2) is 4.79 Å². The SMILES string of the molecule is COCCOCCCn1c(C)ccc(C(=O)O)c1=O. The summed E-state index contributed by atoms with van der Waals surface area (Å²) in [6.45, 7) is 3.77. The van der Waals surface area contributed by atoms with Crippen molar-refractivity contribution in [2.45, 2.75) is 19.9 Å². The summed E-state index contributed by atoms with van der Waals surface area (Å²) in [5.74, 6) is -1.20. The summed E-state index contributed by atoms with van der Waals surface area (Å²) in [7, 11) is 1.60. The Balaban J connectivity index is 2.60. The Morgan fingerprint density at radius 1 is 1.32 bits per heavy atom. The molecule has 0 saturated heterocycles. The predicted molar refractivity (Wildman–Crippen MR) is 69.7 cm³/mol. The lowest BCUT2D eigenvalue weighted by Crippen LogP contribution is -2.28. The topological polar surface area (TPSA) is 77.8 Å². The van der Waals surface area contributed by atoms with Crippen LogP contribution in [0.1, 0.15) is 22.5 Å². The van der Waals surface area contributed by atoms with Gasteiger partial charge < -0.3 is 19.1 Å². The number of aryl methyl sites for hydroxylation is 1. The molecular weight excluding hydrogens is 250 g/mol. The predicted octanol–water partition coefficient (Wildman–Crippen LogP) is 0.908. The molecule has 0 aliphatic rings. The summed E-state index contributed by atoms with van der Waals surface area (Å²) in [5.41, 5.74) is 0.0715. The van der Waals surface area contributed by atoms with Gasteiger partial charge in [0.05, 0.1) is 13.2 Å². The lowest BCUT2D eigenvalue weighted by molar-refractivity contribution is 0.0676. The van der Waals surface area contributed by atoms with Crippen molar-refractivity contribution in [3.63, 3.8) is 0 Å². The lowest BCUT2D eigenvalue weighted by atomic mass is 10.2. The number of carbonyl (C=O) groups is 1. The number of ether oxygens (including phenoxy) is 2. The fourth-order valence-corrected chi connectivity index (χ4v) is 1.68. The molecule has 0 spiro atoms. The van der Waals surface area contributed by atoms with Gasteiger partial charge in [0.1, 0.15) is 5.56 Å². The first-order valence-electron chi connectivity index (χ1n) is 6.08. The van der Waals surface area contributed by atoms with Crippen LogP contribution in [-0.4, -0.2) is 42.6 Å². The van der Waals surface area contributed by atoms with Gasteiger partial charge in [-0.05, 0) is 25.5 Å². The van der Waals surface area contributed by atoms with Gasteiger partial charge in [-0.2, -0.15) is 0 Å². The molecule has 0 aromatic carbocycles. The van der Waals surface area contributed by atoms with Gasteiger partial charge in [0.25, 0.3) is 5.56 Å². The van der Waals surface area contributed by atoms with Crippen molar-refractivity contribution >= 4 is 5.97 Å². The number of hydrogen-bond acceptors (Lipinski definition) is 4. The highest BCUT2D eigenvalue weighted by molar-refractivity contribution is 5.87. The summed E-state index contributed by atoms with van der Waals surface area (Å²) < 4.78 is 11.6. The number of hydrogen-bond donors (Lipinski definition) is 1. The Labute approximate surface area is 111 Å². The number of nitrogens with zero attached hydrogens (tertiary/aromatic N) is 1. The van der Waals surface area contributed by atoms with E-state index in [-0.39, 0.29) is 5.56 Å². The highest BCUT2D eigenvalue weighted by Crippen LogP contribution is 2.00. The molecule has 106 valence electrons. The molecule has 19 heavy (non-hydrogen) atoms. The van der Waals surface area contributed by atoms with Crippen LogP contribution >= 0.6 is 0 Å². The van der Waals surface area contributed by atoms with Gasteiger partial charge in [-0.1, -0.05) is 0 Å². The van der Waals surface area contributed by atoms with E-state index in [4.69, 9.17) is 14.6 Å². The molecule has 6 nitrogen and oxygen atoms in total. The van der Waals surface area contributed by atoms with Crippen LogP contribution in [0.3, 0.4) is 0 Å². The maximum atomic E-state index is 11.9. The van der Waals surface area contributed by atoms with Crippen LogP contribution in [0.2, 0.25) is 0 Å². The largest absolute Gasteiger partial charge is 0.477 e. The smallest absolute Gasteiger partial charge is 0.341 e. The minimum absolute atomic E-state index is 0.203. The fraction of sp³-hybridized carbons (Fsp3) is 0.538. The van der Waals surface area contributed by atoms with E-state index < -0.39 is 11.5 Å². The molecule has 1 N–H and O–H groups in total. The summed E-state index contributed by atoms with van der Waals surface area (Å²) >= 11 is 0. The zero-order valence-corrected chi connectivity index (χ0v) is 11.2. The van der Waals surface area contributed by atoms with Gasteiger partial charge in [-0.3, -0.25) is 4.79 Å². The van der Waals surface area contributed by atoms with E-state index in [0.717, 1.165) is 5.69 Å². The summed E-state index contributed by atoms with van der Waals surface area (Å²) in [6, 6.07) is 2.97. The van der Waals surface area contributed by atoms with Gasteiger partial charge >= 0.3 is 5.97 Å². The van der Waals surface area contributed by atoms with Gasteiger partial charge in [0, 0.05) is 26.0 Å². The molecule has 0 aliphatic carbocycles. The third kappa shape index (κ3) is 4.50. The molecular formula is C13H19NO5. The number of carboxylic acid groups (broad SMARTS) is 1. The second kappa shape index (κ2) is 7.70. The number of methoxy groups -OCH3 is 1. The molecule has 1 heterocycles. The first-order valence-corrected chi connectivity index (χ1v) is 6.08. The van der Waals surface area contributed by atoms with Crippen molar-refractivity contribution in [1.82, 2.24) is 4.57 Å². The maximum absolute atomic E-state index is 11.9. The second-order valence-corrected chi connectivity index (χ2v) is 4.11. The molecule has 0 radical (unpaired) electrons. The van der Waals surface area contributed by atoms with E-state index in [9.17, 15) is 9.59 Å². The summed E-state index contributed by atoms with van der Waals surface area (Å²) in [6.07, 6.45) is 0.646. The zero-order chi connectivity index (χ0) is 14.3. The van der Waals surface area contributed by atoms with Crippen molar-refractivity contribution < 1.29 is 19.4 Å². The fourth-order valence-electron chi connectivity index (χ4n) is 1.68. The first-order chi connectivity index (χ1) is 9.07. The Bertz CT molecular complexity index is 480. The average molecular weight is 269 g/mol. The second-order valence-electron chi connectivity index (χ2n) is 4.11. The molecule has 1 rings (SSSR count). The maximum Gasteiger partial charge on any atom is 0.341 e. The van der Waals surface area contributed by atoms with E-state index in [1.54, 1.807) is 20.1 Å². The van der Waals surface area contributed by atoms with Crippen LogP contribution in [0.5, 0.6) is 0 Å². The minimum atomic E-state index is -1.20. The van der Waals surface area contributed by atoms with Crippen LogP contribution in [-0.2, 0) is 16.0 Å². The molecule has 1 aromatic rings. The summed E-state index contributed by atoms with van der Waals surface area (Å²) in [4.78, 5) is 22.8. The highest BCUT2D eigenvalue weighted by atomic mass is 16.5. The van der Waals surface area contributed by atoms with Gasteiger partial charge in [0.2, 0.25) is 0 Å². The Morgan fingerprint density at radius 3 is 2.68 bits per heavy atom.